The van der Waals surface area contributed by atoms with E-state index < -0.39 is 11.8 Å². The first-order valence-electron chi connectivity index (χ1n) is 9.82. The zero-order valence-electron chi connectivity index (χ0n) is 17.5. The molecule has 4 rings (SSSR count). The average Bonchev–Trinajstić information content (AvgIpc) is 3.08. The van der Waals surface area contributed by atoms with Gasteiger partial charge in [0.05, 0.1) is 16.6 Å². The van der Waals surface area contributed by atoms with E-state index in [0.717, 1.165) is 17.1 Å². The maximum atomic E-state index is 12.8. The van der Waals surface area contributed by atoms with E-state index >= 15 is 0 Å². The molecule has 0 aliphatic heterocycles. The van der Waals surface area contributed by atoms with E-state index in [9.17, 15) is 14.4 Å². The molecule has 0 radical (unpaired) electrons. The first-order chi connectivity index (χ1) is 14.9. The predicted octanol–water partition coefficient (Wildman–Crippen LogP) is 3.02. The lowest BCUT2D eigenvalue weighted by atomic mass is 10.1. The first kappa shape index (κ1) is 20.2. The third-order valence-electron chi connectivity index (χ3n) is 5.38. The Morgan fingerprint density at radius 2 is 1.42 bits per heavy atom. The van der Waals surface area contributed by atoms with Crippen molar-refractivity contribution in [3.8, 4) is 5.69 Å². The number of amides is 2. The molecule has 2 heterocycles. The van der Waals surface area contributed by atoms with Crippen molar-refractivity contribution in [2.24, 2.45) is 7.05 Å². The number of nitrogens with zero attached hydrogens (tertiary/aromatic N) is 2. The van der Waals surface area contributed by atoms with Crippen LogP contribution in [0.3, 0.4) is 0 Å². The Labute approximate surface area is 178 Å². The third-order valence-corrected chi connectivity index (χ3v) is 5.38. The second-order valence-corrected chi connectivity index (χ2v) is 7.34. The summed E-state index contributed by atoms with van der Waals surface area (Å²) in [7, 11) is 1.65. The molecule has 0 unspecified atom stereocenters. The molecule has 2 amide bonds. The van der Waals surface area contributed by atoms with Crippen LogP contribution in [0, 0.1) is 13.8 Å². The van der Waals surface area contributed by atoms with E-state index in [0.29, 0.717) is 16.5 Å². The number of nitrogens with one attached hydrogen (secondary N) is 2. The van der Waals surface area contributed by atoms with Crippen molar-refractivity contribution in [2.75, 3.05) is 0 Å². The zero-order chi connectivity index (χ0) is 22.1. The van der Waals surface area contributed by atoms with Gasteiger partial charge in [-0.15, -0.1) is 0 Å². The molecule has 0 saturated heterocycles. The monoisotopic (exact) mass is 414 g/mol. The highest BCUT2D eigenvalue weighted by molar-refractivity contribution is 6.07. The molecule has 0 atom stereocenters. The highest BCUT2D eigenvalue weighted by Crippen LogP contribution is 2.20. The van der Waals surface area contributed by atoms with E-state index in [1.165, 1.54) is 10.6 Å². The molecule has 0 saturated carbocycles. The van der Waals surface area contributed by atoms with Gasteiger partial charge in [-0.05, 0) is 38.1 Å². The van der Waals surface area contributed by atoms with Gasteiger partial charge in [-0.2, -0.15) is 0 Å². The summed E-state index contributed by atoms with van der Waals surface area (Å²) in [5.74, 6) is -0.990. The summed E-state index contributed by atoms with van der Waals surface area (Å²) < 4.78 is 3.45. The Bertz CT molecular complexity index is 1370. The van der Waals surface area contributed by atoms with Gasteiger partial charge in [0.15, 0.2) is 0 Å². The maximum absolute atomic E-state index is 12.8. The number of carbonyl (C=O) groups is 2. The minimum Gasteiger partial charge on any atom is -0.318 e. The molecule has 2 aromatic carbocycles. The van der Waals surface area contributed by atoms with E-state index in [2.05, 4.69) is 10.9 Å². The lowest BCUT2D eigenvalue weighted by molar-refractivity contribution is 0.0847. The van der Waals surface area contributed by atoms with Crippen molar-refractivity contribution in [3.05, 3.63) is 99.6 Å². The minimum absolute atomic E-state index is 0.203. The molecular formula is C24H22N4O3. The molecule has 2 N–H and O–H groups in total. The van der Waals surface area contributed by atoms with Gasteiger partial charge in [-0.25, -0.2) is 0 Å². The van der Waals surface area contributed by atoms with Crippen LogP contribution in [-0.2, 0) is 7.05 Å². The lowest BCUT2D eigenvalue weighted by Gasteiger charge is -2.12. The fourth-order valence-electron chi connectivity index (χ4n) is 3.81. The van der Waals surface area contributed by atoms with Gasteiger partial charge in [0, 0.05) is 35.6 Å². The highest BCUT2D eigenvalue weighted by atomic mass is 16.2. The fraction of sp³-hybridized carbons (Fsp3) is 0.125. The molecule has 7 nitrogen and oxygen atoms in total. The summed E-state index contributed by atoms with van der Waals surface area (Å²) in [6.07, 6.45) is 0. The molecule has 0 spiro atoms. The van der Waals surface area contributed by atoms with Crippen LogP contribution in [0.25, 0.3) is 16.6 Å². The molecule has 156 valence electrons. The molecule has 0 fully saturated rings. The van der Waals surface area contributed by atoms with Crippen LogP contribution in [0.4, 0.5) is 0 Å². The topological polar surface area (TPSA) is 85.1 Å². The fourth-order valence-corrected chi connectivity index (χ4v) is 3.81. The number of aryl methyl sites for hydroxylation is 2. The second kappa shape index (κ2) is 7.95. The average molecular weight is 414 g/mol. The molecule has 31 heavy (non-hydrogen) atoms. The Morgan fingerprint density at radius 3 is 2.13 bits per heavy atom. The van der Waals surface area contributed by atoms with Crippen molar-refractivity contribution in [2.45, 2.75) is 13.8 Å². The van der Waals surface area contributed by atoms with Gasteiger partial charge in [0.25, 0.3) is 17.4 Å². The van der Waals surface area contributed by atoms with Crippen LogP contribution in [-0.4, -0.2) is 20.9 Å². The van der Waals surface area contributed by atoms with Crippen LogP contribution in [0.2, 0.25) is 0 Å². The number of hydrazine groups is 1. The first-order valence-corrected chi connectivity index (χ1v) is 9.82. The SMILES string of the molecule is Cc1cc(C(=O)NNC(=O)c2cc(=O)n(C)c3ccccc23)c(C)n1-c1ccccc1. The van der Waals surface area contributed by atoms with Crippen LogP contribution >= 0.6 is 0 Å². The maximum Gasteiger partial charge on any atom is 0.271 e. The molecular weight excluding hydrogens is 392 g/mol. The second-order valence-electron chi connectivity index (χ2n) is 7.34. The van der Waals surface area contributed by atoms with Crippen molar-refractivity contribution < 1.29 is 9.59 Å². The van der Waals surface area contributed by atoms with Crippen LogP contribution in [0.1, 0.15) is 32.1 Å². The summed E-state index contributed by atoms with van der Waals surface area (Å²) in [4.78, 5) is 37.8. The zero-order valence-corrected chi connectivity index (χ0v) is 17.5. The summed E-state index contributed by atoms with van der Waals surface area (Å²) >= 11 is 0. The standard InChI is InChI=1S/C24H22N4O3/c1-15-13-19(16(2)28(15)17-9-5-4-6-10-17)23(30)25-26-24(31)20-14-22(29)27(3)21-12-8-7-11-18(20)21/h4-14H,1-3H3,(H,25,30)(H,26,31). The predicted molar refractivity (Wildman–Crippen MR) is 119 cm³/mol. The van der Waals surface area contributed by atoms with Crippen LogP contribution < -0.4 is 16.4 Å². The molecule has 7 heteroatoms. The molecule has 2 aromatic heterocycles. The Hall–Kier alpha value is -4.13. The van der Waals surface area contributed by atoms with Crippen molar-refractivity contribution in [1.29, 1.82) is 0 Å². The molecule has 0 aliphatic carbocycles. The van der Waals surface area contributed by atoms with Gasteiger partial charge >= 0.3 is 0 Å². The molecule has 0 aliphatic rings. The third kappa shape index (κ3) is 3.61. The van der Waals surface area contributed by atoms with E-state index in [-0.39, 0.29) is 11.1 Å². The van der Waals surface area contributed by atoms with E-state index in [4.69, 9.17) is 0 Å². The van der Waals surface area contributed by atoms with Gasteiger partial charge in [-0.3, -0.25) is 25.2 Å². The number of aromatic nitrogens is 2. The van der Waals surface area contributed by atoms with E-state index in [1.807, 2.05) is 48.7 Å². The number of benzene rings is 2. The van der Waals surface area contributed by atoms with Crippen molar-refractivity contribution in [3.63, 3.8) is 0 Å². The lowest BCUT2D eigenvalue weighted by Crippen LogP contribution is -2.42. The summed E-state index contributed by atoms with van der Waals surface area (Å²) in [6, 6.07) is 19.9. The highest BCUT2D eigenvalue weighted by Gasteiger charge is 2.18. The number of para-hydroxylation sites is 2. The van der Waals surface area contributed by atoms with Gasteiger partial charge in [0.1, 0.15) is 0 Å². The van der Waals surface area contributed by atoms with E-state index in [1.54, 1.807) is 37.4 Å². The number of carbonyl (C=O) groups excluding carboxylic acids is 2. The van der Waals surface area contributed by atoms with Gasteiger partial charge in [0.2, 0.25) is 0 Å². The number of fused-ring (bicyclic) bond motifs is 1. The van der Waals surface area contributed by atoms with Gasteiger partial charge in [-0.1, -0.05) is 36.4 Å². The number of hydrogen-bond donors (Lipinski definition) is 2. The summed E-state index contributed by atoms with van der Waals surface area (Å²) in [5, 5.41) is 0.624. The van der Waals surface area contributed by atoms with Crippen LogP contribution in [0.15, 0.2) is 71.5 Å². The minimum atomic E-state index is -0.556. The molecule has 0 bridgehead atoms. The number of pyridine rings is 1. The largest absolute Gasteiger partial charge is 0.318 e. The Kier molecular flexibility index (Phi) is 5.17. The normalized spacial score (nSPS) is 10.8. The van der Waals surface area contributed by atoms with Crippen molar-refractivity contribution >= 4 is 22.7 Å². The quantitative estimate of drug-likeness (QED) is 0.506. The van der Waals surface area contributed by atoms with Crippen LogP contribution in [0.5, 0.6) is 0 Å². The van der Waals surface area contributed by atoms with Crippen molar-refractivity contribution in [1.82, 2.24) is 20.0 Å². The summed E-state index contributed by atoms with van der Waals surface area (Å²) in [5.41, 5.74) is 8.50. The Balaban J connectivity index is 1.58. The van der Waals surface area contributed by atoms with Gasteiger partial charge < -0.3 is 9.13 Å². The molecule has 4 aromatic rings. The summed E-state index contributed by atoms with van der Waals surface area (Å²) in [6.45, 7) is 3.77. The smallest absolute Gasteiger partial charge is 0.271 e. The Morgan fingerprint density at radius 1 is 0.806 bits per heavy atom. The number of rotatable bonds is 3. The number of hydrogen-bond acceptors (Lipinski definition) is 3.